The Kier molecular flexibility index (Phi) is 2.94. The molecule has 3 aromatic carbocycles. The number of benzene rings is 3. The van der Waals surface area contributed by atoms with Gasteiger partial charge in [-0.3, -0.25) is 4.79 Å². The van der Waals surface area contributed by atoms with E-state index in [2.05, 4.69) is 16.7 Å². The molecule has 118 valence electrons. The molecule has 3 heteroatoms. The van der Waals surface area contributed by atoms with Crippen LogP contribution in [0.25, 0.3) is 38.4 Å². The molecule has 0 unspecified atom stereocenters. The Hall–Kier alpha value is -3.46. The average Bonchev–Trinajstić information content (AvgIpc) is 3.04. The van der Waals surface area contributed by atoms with Crippen molar-refractivity contribution in [3.8, 4) is 5.69 Å². The van der Waals surface area contributed by atoms with Crippen molar-refractivity contribution in [3.05, 3.63) is 84.6 Å². The van der Waals surface area contributed by atoms with Crippen LogP contribution in [0.2, 0.25) is 0 Å². The molecule has 3 nitrogen and oxygen atoms in total. The molecule has 0 fully saturated rings. The van der Waals surface area contributed by atoms with E-state index in [-0.39, 0.29) is 0 Å². The zero-order valence-corrected chi connectivity index (χ0v) is 13.4. The summed E-state index contributed by atoms with van der Waals surface area (Å²) in [5.41, 5.74) is 4.67. The van der Waals surface area contributed by atoms with Gasteiger partial charge in [0.1, 0.15) is 0 Å². The lowest BCUT2D eigenvalue weighted by Gasteiger charge is -2.13. The lowest BCUT2D eigenvalue weighted by Crippen LogP contribution is -1.97. The highest BCUT2D eigenvalue weighted by molar-refractivity contribution is 6.06. The smallest absolute Gasteiger partial charge is 0.152 e. The number of carbonyl (C=O) groups excluding carboxylic acids is 1. The second-order valence-corrected chi connectivity index (χ2v) is 6.08. The van der Waals surface area contributed by atoms with E-state index in [1.54, 1.807) is 0 Å². The first-order chi connectivity index (χ1) is 12.4. The molecule has 2 aromatic heterocycles. The van der Waals surface area contributed by atoms with Crippen LogP contribution in [0.5, 0.6) is 0 Å². The van der Waals surface area contributed by atoms with E-state index in [9.17, 15) is 4.79 Å². The number of fused-ring (bicyclic) bond motifs is 3. The summed E-state index contributed by atoms with van der Waals surface area (Å²) in [5.74, 6) is 0. The molecule has 0 spiro atoms. The molecule has 0 aliphatic heterocycles. The fraction of sp³-hybridized carbons (Fsp3) is 0. The van der Waals surface area contributed by atoms with E-state index in [1.165, 1.54) is 0 Å². The molecule has 0 N–H and O–H groups in total. The maximum absolute atomic E-state index is 11.6. The van der Waals surface area contributed by atoms with E-state index in [1.807, 2.05) is 66.9 Å². The third-order valence-corrected chi connectivity index (χ3v) is 4.67. The third-order valence-electron chi connectivity index (χ3n) is 4.67. The van der Waals surface area contributed by atoms with Crippen molar-refractivity contribution in [2.24, 2.45) is 0 Å². The lowest BCUT2D eigenvalue weighted by atomic mass is 10.1. The summed E-state index contributed by atoms with van der Waals surface area (Å²) < 4.78 is 2.12. The molecule has 5 aromatic rings. The van der Waals surface area contributed by atoms with Gasteiger partial charge in [0.2, 0.25) is 0 Å². The van der Waals surface area contributed by atoms with Crippen LogP contribution in [-0.2, 0) is 0 Å². The van der Waals surface area contributed by atoms with Gasteiger partial charge in [0.05, 0.1) is 22.2 Å². The Balaban J connectivity index is 2.03. The quantitative estimate of drug-likeness (QED) is 0.333. The number of hydrogen-bond acceptors (Lipinski definition) is 2. The number of rotatable bonds is 2. The van der Waals surface area contributed by atoms with E-state index in [0.717, 1.165) is 44.7 Å². The van der Waals surface area contributed by atoms with Crippen molar-refractivity contribution in [1.82, 2.24) is 9.55 Å². The molecule has 0 saturated carbocycles. The van der Waals surface area contributed by atoms with Gasteiger partial charge in [-0.15, -0.1) is 0 Å². The van der Waals surface area contributed by atoms with Gasteiger partial charge in [-0.05, 0) is 18.2 Å². The van der Waals surface area contributed by atoms with Crippen LogP contribution >= 0.6 is 0 Å². The van der Waals surface area contributed by atoms with Gasteiger partial charge in [0.25, 0.3) is 0 Å². The Morgan fingerprint density at radius 2 is 1.28 bits per heavy atom. The Bertz CT molecular complexity index is 1210. The molecule has 0 amide bonds. The Morgan fingerprint density at radius 1 is 0.720 bits per heavy atom. The first-order valence-corrected chi connectivity index (χ1v) is 8.20. The van der Waals surface area contributed by atoms with Crippen molar-refractivity contribution < 1.29 is 4.79 Å². The molecule has 0 bridgehead atoms. The highest BCUT2D eigenvalue weighted by atomic mass is 16.1. The molecule has 0 saturated heterocycles. The highest BCUT2D eigenvalue weighted by Gasteiger charge is 2.14. The van der Waals surface area contributed by atoms with Gasteiger partial charge in [-0.1, -0.05) is 54.6 Å². The highest BCUT2D eigenvalue weighted by Crippen LogP contribution is 2.33. The molecular weight excluding hydrogens is 308 g/mol. The van der Waals surface area contributed by atoms with Crippen molar-refractivity contribution >= 4 is 39.0 Å². The van der Waals surface area contributed by atoms with Crippen LogP contribution in [0.3, 0.4) is 0 Å². The van der Waals surface area contributed by atoms with E-state index in [0.29, 0.717) is 5.56 Å². The fourth-order valence-electron chi connectivity index (χ4n) is 3.56. The number of aromatic nitrogens is 2. The minimum absolute atomic E-state index is 0.695. The molecular formula is C22H14N2O. The largest absolute Gasteiger partial charge is 0.314 e. The van der Waals surface area contributed by atoms with Crippen molar-refractivity contribution in [2.45, 2.75) is 0 Å². The van der Waals surface area contributed by atoms with Gasteiger partial charge < -0.3 is 4.57 Å². The van der Waals surface area contributed by atoms with Crippen LogP contribution in [-0.4, -0.2) is 15.8 Å². The molecule has 0 radical (unpaired) electrons. The summed E-state index contributed by atoms with van der Waals surface area (Å²) in [6.07, 6.45) is 2.84. The topological polar surface area (TPSA) is 34.9 Å². The first-order valence-electron chi connectivity index (χ1n) is 8.20. The summed E-state index contributed by atoms with van der Waals surface area (Å²) in [6.45, 7) is 0. The maximum atomic E-state index is 11.6. The van der Waals surface area contributed by atoms with Crippen molar-refractivity contribution in [1.29, 1.82) is 0 Å². The van der Waals surface area contributed by atoms with E-state index >= 15 is 0 Å². The Labute approximate surface area is 144 Å². The van der Waals surface area contributed by atoms with Gasteiger partial charge in [0, 0.05) is 27.9 Å². The second kappa shape index (κ2) is 5.28. The number of nitrogens with zero attached hydrogens (tertiary/aromatic N) is 2. The van der Waals surface area contributed by atoms with Gasteiger partial charge >= 0.3 is 0 Å². The number of aldehydes is 1. The molecule has 25 heavy (non-hydrogen) atoms. The molecule has 0 atom stereocenters. The maximum Gasteiger partial charge on any atom is 0.152 e. The first kappa shape index (κ1) is 13.9. The van der Waals surface area contributed by atoms with E-state index in [4.69, 9.17) is 4.98 Å². The minimum Gasteiger partial charge on any atom is -0.314 e. The summed E-state index contributed by atoms with van der Waals surface area (Å²) in [6, 6.07) is 24.3. The zero-order valence-electron chi connectivity index (χ0n) is 13.4. The Morgan fingerprint density at radius 3 is 1.92 bits per heavy atom. The standard InChI is InChI=1S/C22H14N2O/c25-14-15-13-24(21-12-6-3-7-16(15)21)22-17-8-1-4-10-19(17)23-20-11-5-2-9-18(20)22/h1-14H. The monoisotopic (exact) mass is 322 g/mol. The van der Waals surface area contributed by atoms with Crippen LogP contribution in [0.1, 0.15) is 10.4 Å². The molecule has 2 heterocycles. The number of hydrogen-bond donors (Lipinski definition) is 0. The van der Waals surface area contributed by atoms with Crippen molar-refractivity contribution in [3.63, 3.8) is 0 Å². The SMILES string of the molecule is O=Cc1cn(-c2c3ccccc3nc3ccccc23)c2ccccc12. The van der Waals surface area contributed by atoms with Crippen LogP contribution in [0, 0.1) is 0 Å². The average molecular weight is 322 g/mol. The third kappa shape index (κ3) is 1.99. The molecule has 0 aliphatic carbocycles. The van der Waals surface area contributed by atoms with Crippen LogP contribution in [0.15, 0.2) is 79.0 Å². The normalized spacial score (nSPS) is 11.4. The van der Waals surface area contributed by atoms with Gasteiger partial charge in [-0.2, -0.15) is 0 Å². The van der Waals surface area contributed by atoms with Crippen LogP contribution in [0.4, 0.5) is 0 Å². The number of pyridine rings is 1. The predicted molar refractivity (Wildman–Crippen MR) is 101 cm³/mol. The van der Waals surface area contributed by atoms with Crippen LogP contribution < -0.4 is 0 Å². The summed E-state index contributed by atoms with van der Waals surface area (Å²) in [5, 5.41) is 3.10. The van der Waals surface area contributed by atoms with Gasteiger partial charge in [0.15, 0.2) is 6.29 Å². The van der Waals surface area contributed by atoms with Gasteiger partial charge in [-0.25, -0.2) is 4.98 Å². The van der Waals surface area contributed by atoms with E-state index < -0.39 is 0 Å². The predicted octanol–water partition coefficient (Wildman–Crippen LogP) is 5.14. The molecule has 0 aliphatic rings. The summed E-state index contributed by atoms with van der Waals surface area (Å²) >= 11 is 0. The number of carbonyl (C=O) groups is 1. The number of para-hydroxylation sites is 3. The summed E-state index contributed by atoms with van der Waals surface area (Å²) in [7, 11) is 0. The minimum atomic E-state index is 0.695. The zero-order chi connectivity index (χ0) is 16.8. The van der Waals surface area contributed by atoms with Crippen molar-refractivity contribution in [2.75, 3.05) is 0 Å². The fourth-order valence-corrected chi connectivity index (χ4v) is 3.56. The lowest BCUT2D eigenvalue weighted by molar-refractivity contribution is 0.112. The second-order valence-electron chi connectivity index (χ2n) is 6.08. The summed E-state index contributed by atoms with van der Waals surface area (Å²) in [4.78, 5) is 16.4. The molecule has 5 rings (SSSR count).